The number of hydrogen-bond donors (Lipinski definition) is 1. The molecule has 5 rings (SSSR count). The number of benzene rings is 3. The number of carbonyl (C=O) groups is 2. The van der Waals surface area contributed by atoms with E-state index in [4.69, 9.17) is 9.47 Å². The average molecular weight is 518 g/mol. The smallest absolute Gasteiger partial charge is 0.255 e. The summed E-state index contributed by atoms with van der Waals surface area (Å²) in [5, 5.41) is 3.14. The molecule has 8 heteroatoms. The summed E-state index contributed by atoms with van der Waals surface area (Å²) >= 11 is 0. The first kappa shape index (κ1) is 25.9. The molecule has 1 fully saturated rings. The number of nitrogens with zero attached hydrogens (tertiary/aromatic N) is 2. The van der Waals surface area contributed by atoms with Crippen molar-refractivity contribution in [1.29, 1.82) is 0 Å². The lowest BCUT2D eigenvalue weighted by molar-refractivity contribution is -0.124. The molecule has 1 N–H and O–H groups in total. The van der Waals surface area contributed by atoms with E-state index in [1.807, 2.05) is 42.5 Å². The molecule has 2 heterocycles. The van der Waals surface area contributed by atoms with Crippen molar-refractivity contribution >= 4 is 11.8 Å². The summed E-state index contributed by atoms with van der Waals surface area (Å²) in [5.74, 6) is -0.574. The number of rotatable bonds is 8. The number of methoxy groups -OCH3 is 1. The maximum absolute atomic E-state index is 13.9. The highest BCUT2D eigenvalue weighted by Crippen LogP contribution is 2.44. The van der Waals surface area contributed by atoms with E-state index in [0.29, 0.717) is 36.6 Å². The van der Waals surface area contributed by atoms with Crippen LogP contribution < -0.4 is 10.1 Å². The summed E-state index contributed by atoms with van der Waals surface area (Å²) in [5.41, 5.74) is 2.82. The quantitative estimate of drug-likeness (QED) is 0.493. The van der Waals surface area contributed by atoms with Gasteiger partial charge < -0.3 is 19.7 Å². The summed E-state index contributed by atoms with van der Waals surface area (Å²) in [6, 6.07) is 20.3. The van der Waals surface area contributed by atoms with Crippen molar-refractivity contribution in [3.8, 4) is 5.75 Å². The Morgan fingerprint density at radius 1 is 1.03 bits per heavy atom. The first-order valence-electron chi connectivity index (χ1n) is 12.9. The molecule has 0 aromatic heterocycles. The number of nitrogens with one attached hydrogen (secondary N) is 1. The highest BCUT2D eigenvalue weighted by Gasteiger charge is 2.44. The van der Waals surface area contributed by atoms with Gasteiger partial charge in [0, 0.05) is 38.3 Å². The fourth-order valence-electron chi connectivity index (χ4n) is 5.28. The number of ether oxygens (including phenoxy) is 2. The number of morpholine rings is 1. The van der Waals surface area contributed by atoms with E-state index in [1.165, 1.54) is 12.1 Å². The minimum Gasteiger partial charge on any atom is -0.497 e. The lowest BCUT2D eigenvalue weighted by atomic mass is 9.79. The summed E-state index contributed by atoms with van der Waals surface area (Å²) in [6.07, 6.45) is 0. The molecule has 2 aliphatic rings. The predicted molar refractivity (Wildman–Crippen MR) is 141 cm³/mol. The van der Waals surface area contributed by atoms with Gasteiger partial charge in [-0.2, -0.15) is 0 Å². The number of halogens is 1. The molecule has 2 atom stereocenters. The zero-order chi connectivity index (χ0) is 26.5. The van der Waals surface area contributed by atoms with Crippen LogP contribution in [0.25, 0.3) is 0 Å². The van der Waals surface area contributed by atoms with Gasteiger partial charge in [-0.15, -0.1) is 0 Å². The molecule has 0 radical (unpaired) electrons. The van der Waals surface area contributed by atoms with Crippen molar-refractivity contribution in [1.82, 2.24) is 15.1 Å². The molecular formula is C30H32FN3O4. The van der Waals surface area contributed by atoms with E-state index in [9.17, 15) is 14.0 Å². The predicted octanol–water partition coefficient (Wildman–Crippen LogP) is 3.76. The monoisotopic (exact) mass is 517 g/mol. The van der Waals surface area contributed by atoms with E-state index >= 15 is 0 Å². The van der Waals surface area contributed by atoms with Crippen molar-refractivity contribution in [2.24, 2.45) is 0 Å². The standard InChI is InChI=1S/C30H32FN3O4/c1-37-24-12-8-22(9-13-24)28-27(29(35)32-14-15-33-16-18-38-19-17-33)25-4-2-3-5-26(25)30(36)34(28)20-21-6-10-23(31)11-7-21/h2-13,27-28H,14-20H2,1H3,(H,32,35). The van der Waals surface area contributed by atoms with Crippen LogP contribution in [0.3, 0.4) is 0 Å². The summed E-state index contributed by atoms with van der Waals surface area (Å²) in [6.45, 7) is 4.55. The lowest BCUT2D eigenvalue weighted by Gasteiger charge is -2.42. The van der Waals surface area contributed by atoms with Crippen LogP contribution in [0.2, 0.25) is 0 Å². The highest BCUT2D eigenvalue weighted by atomic mass is 19.1. The minimum atomic E-state index is -0.623. The van der Waals surface area contributed by atoms with Crippen molar-refractivity contribution in [2.45, 2.75) is 18.5 Å². The Hall–Kier alpha value is -3.75. The van der Waals surface area contributed by atoms with Crippen molar-refractivity contribution in [3.63, 3.8) is 0 Å². The number of amides is 2. The third-order valence-electron chi connectivity index (χ3n) is 7.28. The molecule has 38 heavy (non-hydrogen) atoms. The zero-order valence-corrected chi connectivity index (χ0v) is 21.4. The molecule has 7 nitrogen and oxygen atoms in total. The van der Waals surface area contributed by atoms with Crippen LogP contribution in [-0.4, -0.2) is 68.1 Å². The van der Waals surface area contributed by atoms with Gasteiger partial charge in [-0.1, -0.05) is 42.5 Å². The fourth-order valence-corrected chi connectivity index (χ4v) is 5.28. The molecule has 198 valence electrons. The van der Waals surface area contributed by atoms with E-state index in [0.717, 1.165) is 30.8 Å². The van der Waals surface area contributed by atoms with Crippen LogP contribution in [0.4, 0.5) is 4.39 Å². The second kappa shape index (κ2) is 11.8. The highest BCUT2D eigenvalue weighted by molar-refractivity contribution is 6.01. The summed E-state index contributed by atoms with van der Waals surface area (Å²) < 4.78 is 24.4. The van der Waals surface area contributed by atoms with Gasteiger partial charge in [0.05, 0.1) is 32.3 Å². The van der Waals surface area contributed by atoms with Crippen molar-refractivity contribution in [2.75, 3.05) is 46.5 Å². The molecule has 3 aromatic carbocycles. The Morgan fingerprint density at radius 3 is 2.45 bits per heavy atom. The average Bonchev–Trinajstić information content (AvgIpc) is 2.96. The van der Waals surface area contributed by atoms with E-state index in [-0.39, 0.29) is 24.2 Å². The van der Waals surface area contributed by atoms with Crippen LogP contribution in [0.5, 0.6) is 5.75 Å². The molecule has 2 amide bonds. The molecule has 0 bridgehead atoms. The fraction of sp³-hybridized carbons (Fsp3) is 0.333. The number of carbonyl (C=O) groups excluding carboxylic acids is 2. The molecule has 2 unspecified atom stereocenters. The summed E-state index contributed by atoms with van der Waals surface area (Å²) in [7, 11) is 1.60. The van der Waals surface area contributed by atoms with Gasteiger partial charge in [0.15, 0.2) is 0 Å². The number of hydrogen-bond acceptors (Lipinski definition) is 5. The molecular weight excluding hydrogens is 485 g/mol. The molecule has 0 spiro atoms. The maximum Gasteiger partial charge on any atom is 0.255 e. The first-order chi connectivity index (χ1) is 18.5. The first-order valence-corrected chi connectivity index (χ1v) is 12.9. The molecule has 0 saturated carbocycles. The Morgan fingerprint density at radius 2 is 1.74 bits per heavy atom. The third kappa shape index (κ3) is 5.56. The van der Waals surface area contributed by atoms with Crippen molar-refractivity contribution < 1.29 is 23.5 Å². The van der Waals surface area contributed by atoms with Crippen LogP contribution >= 0.6 is 0 Å². The van der Waals surface area contributed by atoms with E-state index < -0.39 is 12.0 Å². The Bertz CT molecular complexity index is 1260. The summed E-state index contributed by atoms with van der Waals surface area (Å²) in [4.78, 5) is 31.7. The molecule has 3 aromatic rings. The lowest BCUT2D eigenvalue weighted by Crippen LogP contribution is -2.48. The zero-order valence-electron chi connectivity index (χ0n) is 21.4. The minimum absolute atomic E-state index is 0.136. The number of fused-ring (bicyclic) bond motifs is 1. The van der Waals surface area contributed by atoms with Crippen LogP contribution in [0, 0.1) is 5.82 Å². The van der Waals surface area contributed by atoms with Gasteiger partial charge in [-0.05, 0) is 47.0 Å². The third-order valence-corrected chi connectivity index (χ3v) is 7.28. The van der Waals surface area contributed by atoms with Gasteiger partial charge >= 0.3 is 0 Å². The topological polar surface area (TPSA) is 71.1 Å². The Balaban J connectivity index is 1.50. The van der Waals surface area contributed by atoms with Crippen LogP contribution in [-0.2, 0) is 16.1 Å². The van der Waals surface area contributed by atoms with Gasteiger partial charge in [-0.3, -0.25) is 14.5 Å². The molecule has 1 saturated heterocycles. The van der Waals surface area contributed by atoms with Crippen molar-refractivity contribution in [3.05, 3.63) is 101 Å². The normalized spacial score (nSPS) is 19.6. The second-order valence-corrected chi connectivity index (χ2v) is 9.59. The van der Waals surface area contributed by atoms with Gasteiger partial charge in [0.25, 0.3) is 5.91 Å². The van der Waals surface area contributed by atoms with Gasteiger partial charge in [0.1, 0.15) is 11.6 Å². The molecule has 2 aliphatic heterocycles. The largest absolute Gasteiger partial charge is 0.497 e. The van der Waals surface area contributed by atoms with Gasteiger partial charge in [0.2, 0.25) is 5.91 Å². The maximum atomic E-state index is 13.9. The van der Waals surface area contributed by atoms with Gasteiger partial charge in [-0.25, -0.2) is 4.39 Å². The molecule has 0 aliphatic carbocycles. The van der Waals surface area contributed by atoms with Crippen LogP contribution in [0.15, 0.2) is 72.8 Å². The Labute approximate surface area is 222 Å². The Kier molecular flexibility index (Phi) is 8.00. The SMILES string of the molecule is COc1ccc(C2C(C(=O)NCCN3CCOCC3)c3ccccc3C(=O)N2Cc2ccc(F)cc2)cc1. The second-order valence-electron chi connectivity index (χ2n) is 9.59. The van der Waals surface area contributed by atoms with Crippen LogP contribution in [0.1, 0.15) is 39.0 Å². The van der Waals surface area contributed by atoms with E-state index in [2.05, 4.69) is 10.2 Å². The van der Waals surface area contributed by atoms with E-state index in [1.54, 1.807) is 30.2 Å².